The highest BCUT2D eigenvalue weighted by molar-refractivity contribution is 5.40. The lowest BCUT2D eigenvalue weighted by Gasteiger charge is -2.33. The minimum Gasteiger partial charge on any atom is -0.486 e. The van der Waals surface area contributed by atoms with Crippen LogP contribution in [0.1, 0.15) is 51.3 Å². The number of hydrogen-bond donors (Lipinski definition) is 0. The summed E-state index contributed by atoms with van der Waals surface area (Å²) in [6.07, 6.45) is 3.98. The van der Waals surface area contributed by atoms with Gasteiger partial charge in [-0.15, -0.1) is 0 Å². The zero-order chi connectivity index (χ0) is 11.1. The molecule has 1 aliphatic heterocycles. The summed E-state index contributed by atoms with van der Waals surface area (Å²) >= 11 is 0. The van der Waals surface area contributed by atoms with E-state index in [4.69, 9.17) is 4.74 Å². The number of rotatable bonds is 1. The van der Waals surface area contributed by atoms with Gasteiger partial charge in [-0.05, 0) is 38.7 Å². The minimum atomic E-state index is -0.0420. The number of fused-ring (bicyclic) bond motifs is 1. The van der Waals surface area contributed by atoms with Gasteiger partial charge in [-0.2, -0.15) is 0 Å². The fraction of sp³-hybridized carbons (Fsp3) is 0.615. The van der Waals surface area contributed by atoms with Crippen LogP contribution < -0.4 is 4.74 Å². The fourth-order valence-corrected chi connectivity index (χ4v) is 2.01. The average molecular weight is 205 g/mol. The smallest absolute Gasteiger partial charge is 0.145 e. The molecule has 0 saturated heterocycles. The molecule has 82 valence electrons. The number of ether oxygens (including phenoxy) is 1. The topological polar surface area (TPSA) is 22.1 Å². The van der Waals surface area contributed by atoms with Crippen molar-refractivity contribution in [2.75, 3.05) is 0 Å². The molecule has 0 radical (unpaired) electrons. The van der Waals surface area contributed by atoms with Crippen LogP contribution in [0.4, 0.5) is 0 Å². The van der Waals surface area contributed by atoms with E-state index < -0.39 is 0 Å². The van der Waals surface area contributed by atoms with E-state index in [0.717, 1.165) is 24.3 Å². The van der Waals surface area contributed by atoms with E-state index in [2.05, 4.69) is 38.7 Å². The Labute approximate surface area is 91.7 Å². The van der Waals surface area contributed by atoms with E-state index in [9.17, 15) is 0 Å². The Kier molecular flexibility index (Phi) is 2.45. The third-order valence-corrected chi connectivity index (χ3v) is 2.97. The van der Waals surface area contributed by atoms with Crippen molar-refractivity contribution in [2.24, 2.45) is 0 Å². The highest BCUT2D eigenvalue weighted by atomic mass is 16.5. The second kappa shape index (κ2) is 3.51. The molecule has 0 saturated carbocycles. The van der Waals surface area contributed by atoms with Crippen molar-refractivity contribution in [1.29, 1.82) is 0 Å². The van der Waals surface area contributed by atoms with E-state index in [1.54, 1.807) is 0 Å². The highest BCUT2D eigenvalue weighted by Crippen LogP contribution is 2.37. The van der Waals surface area contributed by atoms with Gasteiger partial charge in [-0.3, -0.25) is 4.98 Å². The van der Waals surface area contributed by atoms with Crippen LogP contribution in [0, 0.1) is 0 Å². The maximum atomic E-state index is 6.05. The molecule has 2 heteroatoms. The van der Waals surface area contributed by atoms with Crippen LogP contribution in [0.25, 0.3) is 0 Å². The van der Waals surface area contributed by atoms with Gasteiger partial charge < -0.3 is 4.74 Å². The Morgan fingerprint density at radius 2 is 2.13 bits per heavy atom. The van der Waals surface area contributed by atoms with E-state index in [1.807, 2.05) is 6.20 Å². The standard InChI is InChI=1S/C13H19NO/c1-9(2)10-6-8-14-11-5-7-13(3,4)15-12(10)11/h6,8-9H,5,7H2,1-4H3. The normalized spacial score (nSPS) is 18.5. The van der Waals surface area contributed by atoms with Crippen molar-refractivity contribution in [1.82, 2.24) is 4.98 Å². The average Bonchev–Trinajstić information content (AvgIpc) is 2.15. The van der Waals surface area contributed by atoms with E-state index in [-0.39, 0.29) is 5.60 Å². The summed E-state index contributed by atoms with van der Waals surface area (Å²) in [5.74, 6) is 1.53. The molecule has 0 aromatic carbocycles. The first-order chi connectivity index (χ1) is 6.99. The molecule has 2 nitrogen and oxygen atoms in total. The van der Waals surface area contributed by atoms with Crippen LogP contribution in [0.15, 0.2) is 12.3 Å². The molecule has 0 atom stereocenters. The Morgan fingerprint density at radius 1 is 1.40 bits per heavy atom. The van der Waals surface area contributed by atoms with Crippen molar-refractivity contribution >= 4 is 0 Å². The summed E-state index contributed by atoms with van der Waals surface area (Å²) in [5, 5.41) is 0. The lowest BCUT2D eigenvalue weighted by atomic mass is 9.93. The molecule has 0 bridgehead atoms. The maximum absolute atomic E-state index is 6.05. The Balaban J connectivity index is 2.45. The largest absolute Gasteiger partial charge is 0.486 e. The summed E-state index contributed by atoms with van der Waals surface area (Å²) in [7, 11) is 0. The van der Waals surface area contributed by atoms with Crippen molar-refractivity contribution in [3.63, 3.8) is 0 Å². The Bertz CT molecular complexity index is 369. The molecule has 0 N–H and O–H groups in total. The van der Waals surface area contributed by atoms with Gasteiger partial charge in [0.05, 0.1) is 5.69 Å². The summed E-state index contributed by atoms with van der Waals surface area (Å²) in [6.45, 7) is 8.68. The third-order valence-electron chi connectivity index (χ3n) is 2.97. The zero-order valence-corrected chi connectivity index (χ0v) is 10.0. The number of nitrogens with zero attached hydrogens (tertiary/aromatic N) is 1. The first-order valence-electron chi connectivity index (χ1n) is 5.66. The molecule has 1 aromatic heterocycles. The fourth-order valence-electron chi connectivity index (χ4n) is 2.01. The lowest BCUT2D eigenvalue weighted by Crippen LogP contribution is -2.33. The molecular formula is C13H19NO. The van der Waals surface area contributed by atoms with Crippen molar-refractivity contribution < 1.29 is 4.74 Å². The molecule has 0 spiro atoms. The van der Waals surface area contributed by atoms with Gasteiger partial charge in [0.25, 0.3) is 0 Å². The molecule has 0 fully saturated rings. The van der Waals surface area contributed by atoms with Crippen LogP contribution in [0.2, 0.25) is 0 Å². The van der Waals surface area contributed by atoms with Gasteiger partial charge in [0.1, 0.15) is 11.4 Å². The molecule has 1 aromatic rings. The summed E-state index contributed by atoms with van der Waals surface area (Å²) < 4.78 is 6.05. The molecule has 2 heterocycles. The quantitative estimate of drug-likeness (QED) is 0.701. The SMILES string of the molecule is CC(C)c1ccnc2c1OC(C)(C)CC2. The van der Waals surface area contributed by atoms with Gasteiger partial charge in [0.2, 0.25) is 0 Å². The molecular weight excluding hydrogens is 186 g/mol. The number of aromatic nitrogens is 1. The summed E-state index contributed by atoms with van der Waals surface area (Å²) in [4.78, 5) is 4.40. The minimum absolute atomic E-state index is 0.0420. The van der Waals surface area contributed by atoms with Crippen molar-refractivity contribution in [2.45, 2.75) is 52.1 Å². The van der Waals surface area contributed by atoms with Crippen molar-refractivity contribution in [3.05, 3.63) is 23.5 Å². The second-order valence-corrected chi connectivity index (χ2v) is 5.19. The monoisotopic (exact) mass is 205 g/mol. The van der Waals surface area contributed by atoms with Gasteiger partial charge in [-0.1, -0.05) is 13.8 Å². The van der Waals surface area contributed by atoms with Crippen LogP contribution in [-0.2, 0) is 6.42 Å². The first kappa shape index (κ1) is 10.5. The number of pyridine rings is 1. The first-order valence-corrected chi connectivity index (χ1v) is 5.66. The molecule has 0 aliphatic carbocycles. The highest BCUT2D eigenvalue weighted by Gasteiger charge is 2.29. The van der Waals surface area contributed by atoms with E-state index in [1.165, 1.54) is 5.56 Å². The molecule has 2 rings (SSSR count). The Hall–Kier alpha value is -1.05. The Morgan fingerprint density at radius 3 is 2.80 bits per heavy atom. The number of hydrogen-bond acceptors (Lipinski definition) is 2. The van der Waals surface area contributed by atoms with Crippen LogP contribution >= 0.6 is 0 Å². The molecule has 0 unspecified atom stereocenters. The van der Waals surface area contributed by atoms with Gasteiger partial charge in [-0.25, -0.2) is 0 Å². The molecule has 1 aliphatic rings. The predicted octanol–water partition coefficient (Wildman–Crippen LogP) is 3.31. The van der Waals surface area contributed by atoms with Gasteiger partial charge in [0.15, 0.2) is 0 Å². The predicted molar refractivity (Wildman–Crippen MR) is 61.4 cm³/mol. The second-order valence-electron chi connectivity index (χ2n) is 5.19. The van der Waals surface area contributed by atoms with Crippen molar-refractivity contribution in [3.8, 4) is 5.75 Å². The summed E-state index contributed by atoms with van der Waals surface area (Å²) in [6, 6.07) is 2.07. The lowest BCUT2D eigenvalue weighted by molar-refractivity contribution is 0.0813. The maximum Gasteiger partial charge on any atom is 0.145 e. The number of aryl methyl sites for hydroxylation is 1. The van der Waals surface area contributed by atoms with E-state index >= 15 is 0 Å². The molecule has 15 heavy (non-hydrogen) atoms. The molecule has 0 amide bonds. The summed E-state index contributed by atoms with van der Waals surface area (Å²) in [5.41, 5.74) is 2.37. The van der Waals surface area contributed by atoms with Crippen LogP contribution in [0.3, 0.4) is 0 Å². The third kappa shape index (κ3) is 1.99. The van der Waals surface area contributed by atoms with Gasteiger partial charge >= 0.3 is 0 Å². The zero-order valence-electron chi connectivity index (χ0n) is 10.0. The van der Waals surface area contributed by atoms with E-state index in [0.29, 0.717) is 5.92 Å². The van der Waals surface area contributed by atoms with Crippen LogP contribution in [0.5, 0.6) is 5.75 Å². The van der Waals surface area contributed by atoms with Gasteiger partial charge in [0, 0.05) is 11.8 Å². The van der Waals surface area contributed by atoms with Crippen LogP contribution in [-0.4, -0.2) is 10.6 Å².